The van der Waals surface area contributed by atoms with Gasteiger partial charge in [0.1, 0.15) is 12.2 Å². The summed E-state index contributed by atoms with van der Waals surface area (Å²) >= 11 is 0. The van der Waals surface area contributed by atoms with Crippen LogP contribution in [0.5, 0.6) is 0 Å². The van der Waals surface area contributed by atoms with E-state index in [-0.39, 0.29) is 12.8 Å². The third kappa shape index (κ3) is 35.0. The van der Waals surface area contributed by atoms with Crippen molar-refractivity contribution >= 4 is 19.8 Å². The lowest BCUT2D eigenvalue weighted by Gasteiger charge is -2.20. The Labute approximate surface area is 315 Å². The number of aliphatic hydroxyl groups excluding tert-OH is 2. The van der Waals surface area contributed by atoms with Crippen molar-refractivity contribution in [1.29, 1.82) is 0 Å². The summed E-state index contributed by atoms with van der Waals surface area (Å²) in [6.07, 6.45) is 38.0. The molecule has 0 aromatic carbocycles. The Morgan fingerprint density at radius 2 is 0.885 bits per heavy atom. The third-order valence-corrected chi connectivity index (χ3v) is 9.20. The van der Waals surface area contributed by atoms with Crippen molar-refractivity contribution in [3.63, 3.8) is 0 Å². The van der Waals surface area contributed by atoms with Crippen molar-refractivity contribution in [1.82, 2.24) is 0 Å². The summed E-state index contributed by atoms with van der Waals surface area (Å²) in [5.41, 5.74) is 0. The van der Waals surface area contributed by atoms with Gasteiger partial charge in [-0.1, -0.05) is 127 Å². The molecule has 0 aromatic heterocycles. The number of phosphoric ester groups is 1. The molecule has 3 atom stereocenters. The molecular formula is C41H73O10P. The molecular weight excluding hydrogens is 683 g/mol. The molecule has 3 N–H and O–H groups in total. The molecule has 0 aliphatic carbocycles. The molecule has 0 radical (unpaired) electrons. The number of rotatable bonds is 37. The van der Waals surface area contributed by atoms with E-state index in [0.29, 0.717) is 12.8 Å². The fraction of sp³-hybridized carbons (Fsp3) is 0.756. The van der Waals surface area contributed by atoms with Crippen LogP contribution in [0.1, 0.15) is 162 Å². The van der Waals surface area contributed by atoms with E-state index in [1.807, 2.05) is 0 Å². The van der Waals surface area contributed by atoms with Crippen molar-refractivity contribution < 1.29 is 47.8 Å². The van der Waals surface area contributed by atoms with E-state index in [1.165, 1.54) is 38.5 Å². The first-order chi connectivity index (χ1) is 25.3. The lowest BCUT2D eigenvalue weighted by atomic mass is 10.1. The van der Waals surface area contributed by atoms with Crippen molar-refractivity contribution in [2.75, 3.05) is 26.4 Å². The second-order valence-electron chi connectivity index (χ2n) is 13.3. The average molecular weight is 757 g/mol. The Kier molecular flexibility index (Phi) is 35.8. The van der Waals surface area contributed by atoms with Crippen LogP contribution in [0.15, 0.2) is 48.6 Å². The maximum Gasteiger partial charge on any atom is 0.472 e. The summed E-state index contributed by atoms with van der Waals surface area (Å²) in [6.45, 7) is 2.07. The molecule has 0 amide bonds. The van der Waals surface area contributed by atoms with E-state index in [9.17, 15) is 29.3 Å². The number of hydrogen-bond donors (Lipinski definition) is 3. The minimum atomic E-state index is -4.64. The summed E-state index contributed by atoms with van der Waals surface area (Å²) < 4.78 is 32.5. The van der Waals surface area contributed by atoms with E-state index in [0.717, 1.165) is 83.5 Å². The number of unbranched alkanes of at least 4 members (excludes halogenated alkanes) is 15. The van der Waals surface area contributed by atoms with Crippen LogP contribution in [-0.4, -0.2) is 65.7 Å². The molecule has 0 rings (SSSR count). The zero-order valence-corrected chi connectivity index (χ0v) is 33.4. The van der Waals surface area contributed by atoms with Gasteiger partial charge in [-0.2, -0.15) is 0 Å². The van der Waals surface area contributed by atoms with Gasteiger partial charge in [-0.3, -0.25) is 18.6 Å². The lowest BCUT2D eigenvalue weighted by Crippen LogP contribution is -2.28. The maximum absolute atomic E-state index is 12.3. The Balaban J connectivity index is 4.00. The van der Waals surface area contributed by atoms with Crippen LogP contribution in [0.25, 0.3) is 0 Å². The van der Waals surface area contributed by atoms with Crippen LogP contribution in [0.2, 0.25) is 0 Å². The molecule has 0 aliphatic rings. The first-order valence-corrected chi connectivity index (χ1v) is 21.6. The van der Waals surface area contributed by atoms with Gasteiger partial charge in [-0.15, -0.1) is 0 Å². The van der Waals surface area contributed by atoms with Crippen molar-refractivity contribution in [2.45, 2.75) is 174 Å². The van der Waals surface area contributed by atoms with Crippen LogP contribution >= 0.6 is 7.82 Å². The molecule has 0 fully saturated rings. The highest BCUT2D eigenvalue weighted by Gasteiger charge is 2.27. The molecule has 0 heterocycles. The zero-order chi connectivity index (χ0) is 38.4. The minimum Gasteiger partial charge on any atom is -0.457 e. The third-order valence-electron chi connectivity index (χ3n) is 8.24. The molecule has 0 aliphatic heterocycles. The monoisotopic (exact) mass is 756 g/mol. The SMILES string of the molecule is CCC/C=C\C/C=C\CCCCCCCC(=O)OC(CO)COP(=O)(O)OCC(CO)OC(=O)CCCCCCC/C=C\C/C=C\CCCCCC. The van der Waals surface area contributed by atoms with Crippen LogP contribution in [0.4, 0.5) is 0 Å². The van der Waals surface area contributed by atoms with Gasteiger partial charge in [0.25, 0.3) is 0 Å². The van der Waals surface area contributed by atoms with Gasteiger partial charge in [0.15, 0.2) is 0 Å². The molecule has 10 nitrogen and oxygen atoms in total. The number of aliphatic hydroxyl groups is 2. The molecule has 0 saturated carbocycles. The van der Waals surface area contributed by atoms with E-state index in [1.54, 1.807) is 0 Å². The molecule has 11 heteroatoms. The van der Waals surface area contributed by atoms with E-state index < -0.39 is 58.4 Å². The summed E-state index contributed by atoms with van der Waals surface area (Å²) in [6, 6.07) is 0. The van der Waals surface area contributed by atoms with E-state index in [4.69, 9.17) is 18.5 Å². The van der Waals surface area contributed by atoms with Gasteiger partial charge in [0, 0.05) is 12.8 Å². The second-order valence-corrected chi connectivity index (χ2v) is 14.7. The van der Waals surface area contributed by atoms with Crippen molar-refractivity contribution in [3.8, 4) is 0 Å². The molecule has 52 heavy (non-hydrogen) atoms. The predicted molar refractivity (Wildman–Crippen MR) is 210 cm³/mol. The molecule has 3 unspecified atom stereocenters. The van der Waals surface area contributed by atoms with Gasteiger partial charge >= 0.3 is 19.8 Å². The van der Waals surface area contributed by atoms with E-state index >= 15 is 0 Å². The van der Waals surface area contributed by atoms with Crippen LogP contribution in [-0.2, 0) is 32.7 Å². The summed E-state index contributed by atoms with van der Waals surface area (Å²) in [5, 5.41) is 19.1. The Morgan fingerprint density at radius 1 is 0.519 bits per heavy atom. The van der Waals surface area contributed by atoms with Crippen molar-refractivity contribution in [2.24, 2.45) is 0 Å². The quantitative estimate of drug-likeness (QED) is 0.0242. The first kappa shape index (κ1) is 49.9. The number of hydrogen-bond acceptors (Lipinski definition) is 9. The van der Waals surface area contributed by atoms with Crippen LogP contribution < -0.4 is 0 Å². The van der Waals surface area contributed by atoms with Gasteiger partial charge in [-0.25, -0.2) is 4.57 Å². The summed E-state index contributed by atoms with van der Waals surface area (Å²) in [5.74, 6) is -1.05. The Morgan fingerprint density at radius 3 is 1.27 bits per heavy atom. The number of allylic oxidation sites excluding steroid dienone is 8. The summed E-state index contributed by atoms with van der Waals surface area (Å²) in [4.78, 5) is 34.4. The smallest absolute Gasteiger partial charge is 0.457 e. The highest BCUT2D eigenvalue weighted by molar-refractivity contribution is 7.47. The molecule has 0 aromatic rings. The Bertz CT molecular complexity index is 1010. The molecule has 0 bridgehead atoms. The molecule has 0 spiro atoms. The standard InChI is InChI=1S/C41H73O10P/c1-3-5-7-9-11-13-15-17-18-19-21-23-25-27-29-31-33-41(45)51-39(35-43)37-49-52(46,47)48-36-38(34-42)50-40(44)32-30-28-26-24-22-20-16-14-12-10-8-6-4-2/h8,10,13-16,18-19,38-39,42-43H,3-7,9,11-12,17,20-37H2,1-2H3,(H,46,47)/b10-8-,15-13-,16-14-,19-18-. The van der Waals surface area contributed by atoms with Gasteiger partial charge in [-0.05, 0) is 70.6 Å². The van der Waals surface area contributed by atoms with Gasteiger partial charge in [0.2, 0.25) is 0 Å². The second kappa shape index (κ2) is 37.3. The summed E-state index contributed by atoms with van der Waals surface area (Å²) in [7, 11) is -4.64. The normalized spacial score (nSPS) is 14.5. The van der Waals surface area contributed by atoms with Crippen molar-refractivity contribution in [3.05, 3.63) is 48.6 Å². The number of ether oxygens (including phenoxy) is 2. The van der Waals surface area contributed by atoms with Crippen LogP contribution in [0.3, 0.4) is 0 Å². The number of carbonyl (C=O) groups excluding carboxylic acids is 2. The van der Waals surface area contributed by atoms with Crippen LogP contribution in [0, 0.1) is 0 Å². The van der Waals surface area contributed by atoms with E-state index in [2.05, 4.69) is 62.5 Å². The Hall–Kier alpha value is -2.07. The lowest BCUT2D eigenvalue weighted by molar-refractivity contribution is -0.153. The zero-order valence-electron chi connectivity index (χ0n) is 32.5. The average Bonchev–Trinajstić information content (AvgIpc) is 3.13. The highest BCUT2D eigenvalue weighted by atomic mass is 31.2. The predicted octanol–water partition coefficient (Wildman–Crippen LogP) is 10.2. The number of esters is 2. The maximum atomic E-state index is 12.3. The fourth-order valence-electron chi connectivity index (χ4n) is 5.12. The molecule has 0 saturated heterocycles. The topological polar surface area (TPSA) is 149 Å². The fourth-order valence-corrected chi connectivity index (χ4v) is 5.91. The van der Waals surface area contributed by atoms with Gasteiger partial charge in [0.05, 0.1) is 26.4 Å². The highest BCUT2D eigenvalue weighted by Crippen LogP contribution is 2.43. The van der Waals surface area contributed by atoms with Gasteiger partial charge < -0.3 is 24.6 Å². The number of phosphoric acid groups is 1. The minimum absolute atomic E-state index is 0.173. The largest absolute Gasteiger partial charge is 0.472 e. The number of carbonyl (C=O) groups is 2. The first-order valence-electron chi connectivity index (χ1n) is 20.1. The molecule has 302 valence electrons.